The number of hydroxylamine groups is 10. The molecular weight excluding hydrogens is 1890 g/mol. The molecule has 2 aliphatic carbocycles. The number of hydrogen-bond donors (Lipinski definition) is 10. The van der Waals surface area contributed by atoms with E-state index in [0.717, 1.165) is 87.9 Å². The maximum atomic E-state index is 12.7. The van der Waals surface area contributed by atoms with E-state index >= 15 is 0 Å². The van der Waals surface area contributed by atoms with Gasteiger partial charge in [-0.25, -0.2) is 49.3 Å². The molecule has 5 aliphatic heterocycles. The van der Waals surface area contributed by atoms with Crippen molar-refractivity contribution in [3.63, 3.8) is 0 Å². The fraction of sp³-hybridized carbons (Fsp3) is 0.402. The molecule has 0 unspecified atom stereocenters. The highest BCUT2D eigenvalue weighted by atomic mass is 35.5. The molecule has 10 N–H and O–H groups in total. The third-order valence-electron chi connectivity index (χ3n) is 23.1. The largest absolute Gasteiger partial charge is 0.382 e. The van der Waals surface area contributed by atoms with Crippen LogP contribution in [0, 0.1) is 11.8 Å². The van der Waals surface area contributed by atoms with Crippen LogP contribution in [-0.4, -0.2) is 275 Å². The molecule has 0 radical (unpaired) electrons. The van der Waals surface area contributed by atoms with Gasteiger partial charge < -0.3 is 55.8 Å². The summed E-state index contributed by atoms with van der Waals surface area (Å²) in [5.41, 5.74) is 12.5. The average molecular weight is 2000 g/mol. The van der Waals surface area contributed by atoms with E-state index < -0.39 is 0 Å². The second-order valence-electron chi connectivity index (χ2n) is 33.5. The number of urea groups is 5. The SMILES string of the molecule is CC(C)CON(C)C(=O)c1n[nH]c2c1CN(C(=O)Nc1cccc(Cl)c1)CC2.CCN(OC)C(=O)c1n[nH]c2c1CN(C(=O)Nc1cccc(Cl)c1)CC2.CN(OC1CCC1)C(=O)c1n[nH]c2c1CN(C(=O)Nc1cccc(Cl)c1)CC2.CN(OCC1CC1)C(=O)c1n[nH]c2c1CN(C(=O)Nc1cccc(Cl)c1)CC2.COCCON(C)C(=O)c1n[nH]c2c1CN(C(=O)Nc1cccc(Cl)c1)CC2. The topological polar surface area (TPSA) is 462 Å². The van der Waals surface area contributed by atoms with Crippen LogP contribution in [0.1, 0.15) is 162 Å². The summed E-state index contributed by atoms with van der Waals surface area (Å²) < 4.78 is 4.91. The first-order valence-electron chi connectivity index (χ1n) is 44.8. The molecular formula is C92H110Cl5N25O16. The maximum absolute atomic E-state index is 12.7. The third kappa shape index (κ3) is 27.3. The molecule has 41 nitrogen and oxygen atoms in total. The second kappa shape index (κ2) is 48.4. The normalized spacial score (nSPS) is 14.4. The number of carbonyl (C=O) groups excluding carboxylic acids is 10. The lowest BCUT2D eigenvalue weighted by Crippen LogP contribution is -2.40. The molecule has 2 saturated carbocycles. The van der Waals surface area contributed by atoms with Crippen molar-refractivity contribution in [2.24, 2.45) is 11.8 Å². The highest BCUT2D eigenvalue weighted by Crippen LogP contribution is 2.33. The van der Waals surface area contributed by atoms with Crippen molar-refractivity contribution in [2.45, 2.75) is 124 Å². The number of halogens is 5. The minimum atomic E-state index is -0.384. The fourth-order valence-electron chi connectivity index (χ4n) is 15.1. The third-order valence-corrected chi connectivity index (χ3v) is 24.3. The quantitative estimate of drug-likeness (QED) is 0.0198. The van der Waals surface area contributed by atoms with Crippen LogP contribution in [0.2, 0.25) is 25.1 Å². The lowest BCUT2D eigenvalue weighted by atomic mass is 9.97. The molecule has 15 amide bonds. The Labute approximate surface area is 820 Å². The molecule has 0 spiro atoms. The van der Waals surface area contributed by atoms with E-state index in [1.807, 2.05) is 20.8 Å². The lowest BCUT2D eigenvalue weighted by Gasteiger charge is -2.30. The van der Waals surface area contributed by atoms with Gasteiger partial charge in [-0.1, -0.05) is 102 Å². The van der Waals surface area contributed by atoms with Crippen LogP contribution >= 0.6 is 58.0 Å². The van der Waals surface area contributed by atoms with E-state index in [0.29, 0.717) is 193 Å². The van der Waals surface area contributed by atoms with Gasteiger partial charge in [0, 0.05) is 217 Å². The average Bonchev–Trinajstić information content (AvgIpc) is 1.66. The van der Waals surface area contributed by atoms with Crippen LogP contribution in [0.5, 0.6) is 0 Å². The molecule has 734 valence electrons. The Balaban J connectivity index is 0.000000146. The summed E-state index contributed by atoms with van der Waals surface area (Å²) in [6.45, 7) is 11.9. The van der Waals surface area contributed by atoms with Gasteiger partial charge in [-0.2, -0.15) is 25.5 Å². The number of aromatic nitrogens is 10. The van der Waals surface area contributed by atoms with Crippen LogP contribution < -0.4 is 26.6 Å². The van der Waals surface area contributed by atoms with E-state index in [1.165, 1.54) is 34.4 Å². The predicted octanol–water partition coefficient (Wildman–Crippen LogP) is 14.6. The summed E-state index contributed by atoms with van der Waals surface area (Å²) in [6, 6.07) is 33.6. The number of anilines is 5. The van der Waals surface area contributed by atoms with Crippen LogP contribution in [0.4, 0.5) is 52.4 Å². The molecule has 7 aliphatic rings. The number of rotatable bonds is 24. The smallest absolute Gasteiger partial charge is 0.322 e. The summed E-state index contributed by atoms with van der Waals surface area (Å²) in [6.07, 6.45) is 8.43. The number of nitrogens with one attached hydrogen (secondary N) is 10. The Hall–Kier alpha value is -12.9. The van der Waals surface area contributed by atoms with Crippen molar-refractivity contribution in [1.29, 1.82) is 0 Å². The number of nitrogens with zero attached hydrogens (tertiary/aromatic N) is 15. The Morgan fingerprint density at radius 1 is 0.391 bits per heavy atom. The molecule has 5 aromatic heterocycles. The van der Waals surface area contributed by atoms with E-state index in [4.69, 9.17) is 86.9 Å². The minimum Gasteiger partial charge on any atom is -0.382 e. The zero-order valence-corrected chi connectivity index (χ0v) is 81.4. The molecule has 0 bridgehead atoms. The summed E-state index contributed by atoms with van der Waals surface area (Å²) in [4.78, 5) is 162. The van der Waals surface area contributed by atoms with Gasteiger partial charge in [-0.15, -0.1) is 0 Å². The number of aromatic amines is 5. The van der Waals surface area contributed by atoms with Gasteiger partial charge >= 0.3 is 30.2 Å². The van der Waals surface area contributed by atoms with Gasteiger partial charge in [-0.3, -0.25) is 73.7 Å². The molecule has 2 fully saturated rings. The number of hydrogen-bond acceptors (Lipinski definition) is 21. The van der Waals surface area contributed by atoms with Crippen molar-refractivity contribution >= 4 is 146 Å². The number of H-pyrrole nitrogens is 5. The van der Waals surface area contributed by atoms with Crippen LogP contribution in [-0.2, 0) is 93.8 Å². The number of fused-ring (bicyclic) bond motifs is 5. The summed E-state index contributed by atoms with van der Waals surface area (Å²) in [7, 11) is 9.28. The Bertz CT molecular complexity index is 5840. The zero-order valence-electron chi connectivity index (χ0n) is 77.6. The van der Waals surface area contributed by atoms with Crippen molar-refractivity contribution < 1.29 is 76.9 Å². The molecule has 46 heteroatoms. The van der Waals surface area contributed by atoms with Gasteiger partial charge in [0.15, 0.2) is 28.5 Å². The van der Waals surface area contributed by atoms with Gasteiger partial charge in [0.25, 0.3) is 29.5 Å². The monoisotopic (exact) mass is 2000 g/mol. The van der Waals surface area contributed by atoms with Crippen LogP contribution in [0.15, 0.2) is 121 Å². The first kappa shape index (κ1) is 102. The zero-order chi connectivity index (χ0) is 98.4. The molecule has 5 aromatic carbocycles. The van der Waals surface area contributed by atoms with Gasteiger partial charge in [0.1, 0.15) is 0 Å². The van der Waals surface area contributed by atoms with Crippen LogP contribution in [0.3, 0.4) is 0 Å². The van der Waals surface area contributed by atoms with Gasteiger partial charge in [0.05, 0.1) is 72.4 Å². The van der Waals surface area contributed by atoms with E-state index in [2.05, 4.69) is 77.6 Å². The maximum Gasteiger partial charge on any atom is 0.322 e. The lowest BCUT2D eigenvalue weighted by molar-refractivity contribution is -0.170. The molecule has 10 heterocycles. The summed E-state index contributed by atoms with van der Waals surface area (Å²) in [5, 5.41) is 58.3. The van der Waals surface area contributed by atoms with E-state index in [9.17, 15) is 47.9 Å². The molecule has 0 atom stereocenters. The van der Waals surface area contributed by atoms with Crippen LogP contribution in [0.25, 0.3) is 0 Å². The Morgan fingerprint density at radius 2 is 0.674 bits per heavy atom. The highest BCUT2D eigenvalue weighted by Gasteiger charge is 2.38. The fourth-order valence-corrected chi connectivity index (χ4v) is 16.0. The van der Waals surface area contributed by atoms with Crippen molar-refractivity contribution in [3.8, 4) is 0 Å². The van der Waals surface area contributed by atoms with Crippen molar-refractivity contribution in [2.75, 3.05) is 135 Å². The van der Waals surface area contributed by atoms with Crippen molar-refractivity contribution in [3.05, 3.63) is 231 Å². The molecule has 10 aromatic rings. The second-order valence-corrected chi connectivity index (χ2v) is 35.7. The number of carbonyl (C=O) groups is 10. The van der Waals surface area contributed by atoms with E-state index in [1.54, 1.807) is 174 Å². The molecule has 138 heavy (non-hydrogen) atoms. The van der Waals surface area contributed by atoms with Gasteiger partial charge in [-0.05, 0) is 142 Å². The first-order chi connectivity index (χ1) is 66.4. The number of benzene rings is 5. The van der Waals surface area contributed by atoms with E-state index in [-0.39, 0.29) is 103 Å². The number of amides is 15. The number of ether oxygens (including phenoxy) is 1. The van der Waals surface area contributed by atoms with Crippen molar-refractivity contribution in [1.82, 2.24) is 101 Å². The molecule has 17 rings (SSSR count). The Kier molecular flexibility index (Phi) is 35.9. The van der Waals surface area contributed by atoms with Gasteiger partial charge in [0.2, 0.25) is 0 Å². The summed E-state index contributed by atoms with van der Waals surface area (Å²) in [5.74, 6) is -0.814. The Morgan fingerprint density at radius 3 is 0.928 bits per heavy atom. The standard InChI is InChI=1S/2C19H22ClN5O3.C19H24ClN5O3.C18H22ClN5O4.C17H20ClN5O3/c1-24(28-14-6-3-7-14)18(26)17-15-11-25(9-8-16(15)22-23-17)19(27)21-13-5-2-4-12(20)10-13;1-24(28-11-12-5-6-12)18(26)17-15-10-25(8-7-16(15)22-23-17)19(27)21-14-4-2-3-13(20)9-14;1-12(2)11-28-24(3)18(26)17-15-10-25(8-7-16(15)22-23-17)19(27)21-14-6-4-5-13(20)9-14;1-23(28-9-8-27-2)17(25)16-14-11-24(7-6-15(14)21-22-16)18(26)20-13-5-3-4-12(19)10-13;1-3-23(26-2)16(24)15-13-10-22(8-7-14(13)20-21-15)17(25)19-12-6-4-5-11(18)9-12/h2,4-5,10,14H,3,6-9,11H2,1H3,(H,21,27)(H,22,23);2-4,9,12H,5-8,10-11H2,1H3,(H,21,27)(H,22,23);4-6,9,12H,7-8,10-11H2,1-3H3,(H,21,27)(H,22,23);3-5,10H,6-9,11H2,1-2H3,(H,20,26)(H,21,22);4-6,9H,3,7-8,10H2,1-2H3,(H,19,25)(H,20,21). The minimum absolute atomic E-state index is 0.101. The number of methoxy groups -OCH3 is 1. The molecule has 0 saturated heterocycles. The first-order valence-corrected chi connectivity index (χ1v) is 46.7. The highest BCUT2D eigenvalue weighted by molar-refractivity contribution is 6.32. The summed E-state index contributed by atoms with van der Waals surface area (Å²) >= 11 is 29.8. The predicted molar refractivity (Wildman–Crippen MR) is 514 cm³/mol.